The molecule has 0 fully saturated rings. The lowest BCUT2D eigenvalue weighted by molar-refractivity contribution is 0.102. The number of carbonyl (C=O) groups excluding carboxylic acids is 1. The number of methoxy groups -OCH3 is 2. The van der Waals surface area contributed by atoms with E-state index >= 15 is 0 Å². The number of rotatable bonds is 5. The van der Waals surface area contributed by atoms with E-state index in [0.717, 1.165) is 0 Å². The van der Waals surface area contributed by atoms with Gasteiger partial charge in [0, 0.05) is 5.02 Å². The number of hydrogen-bond acceptors (Lipinski definition) is 6. The zero-order chi connectivity index (χ0) is 18.7. The van der Waals surface area contributed by atoms with Crippen molar-refractivity contribution in [2.24, 2.45) is 0 Å². The van der Waals surface area contributed by atoms with Crippen molar-refractivity contribution >= 4 is 35.1 Å². The first-order valence-corrected chi connectivity index (χ1v) is 8.09. The van der Waals surface area contributed by atoms with Crippen LogP contribution in [-0.2, 0) is 0 Å². The number of ether oxygens (including phenoxy) is 2. The molecule has 7 nitrogen and oxygen atoms in total. The molecule has 0 atom stereocenters. The Hall–Kier alpha value is -2.77. The minimum atomic E-state index is -0.492. The van der Waals surface area contributed by atoms with Crippen molar-refractivity contribution in [3.8, 4) is 23.0 Å². The molecule has 134 valence electrons. The predicted molar refractivity (Wildman–Crippen MR) is 97.3 cm³/mol. The van der Waals surface area contributed by atoms with Crippen LogP contribution in [0.25, 0.3) is 11.5 Å². The summed E-state index contributed by atoms with van der Waals surface area (Å²) in [4.78, 5) is 12.5. The Kier molecular flexibility index (Phi) is 5.29. The van der Waals surface area contributed by atoms with Crippen LogP contribution in [0.3, 0.4) is 0 Å². The van der Waals surface area contributed by atoms with E-state index < -0.39 is 5.91 Å². The van der Waals surface area contributed by atoms with E-state index in [0.29, 0.717) is 27.1 Å². The zero-order valence-corrected chi connectivity index (χ0v) is 15.3. The van der Waals surface area contributed by atoms with Gasteiger partial charge < -0.3 is 13.9 Å². The van der Waals surface area contributed by atoms with Gasteiger partial charge in [0.05, 0.1) is 30.4 Å². The van der Waals surface area contributed by atoms with Gasteiger partial charge >= 0.3 is 6.01 Å². The molecule has 3 rings (SSSR count). The van der Waals surface area contributed by atoms with Crippen molar-refractivity contribution in [3.05, 3.63) is 52.0 Å². The van der Waals surface area contributed by atoms with Crippen LogP contribution in [0.4, 0.5) is 6.01 Å². The number of nitrogens with zero attached hydrogens (tertiary/aromatic N) is 2. The van der Waals surface area contributed by atoms with Gasteiger partial charge in [-0.3, -0.25) is 10.1 Å². The summed E-state index contributed by atoms with van der Waals surface area (Å²) in [5.41, 5.74) is 0.721. The number of halogens is 2. The fourth-order valence-corrected chi connectivity index (χ4v) is 2.57. The highest BCUT2D eigenvalue weighted by Crippen LogP contribution is 2.31. The van der Waals surface area contributed by atoms with E-state index in [4.69, 9.17) is 37.1 Å². The second-order valence-electron chi connectivity index (χ2n) is 5.06. The summed E-state index contributed by atoms with van der Waals surface area (Å²) < 4.78 is 15.8. The summed E-state index contributed by atoms with van der Waals surface area (Å²) in [6, 6.07) is 9.60. The second kappa shape index (κ2) is 7.63. The molecule has 26 heavy (non-hydrogen) atoms. The summed E-state index contributed by atoms with van der Waals surface area (Å²) in [7, 11) is 2.97. The highest BCUT2D eigenvalue weighted by Gasteiger charge is 2.18. The molecule has 0 aliphatic carbocycles. The molecule has 0 radical (unpaired) electrons. The fraction of sp³-hybridized carbons (Fsp3) is 0.118. The smallest absolute Gasteiger partial charge is 0.322 e. The lowest BCUT2D eigenvalue weighted by Gasteiger charge is -2.09. The Morgan fingerprint density at radius 1 is 1.08 bits per heavy atom. The van der Waals surface area contributed by atoms with E-state index in [1.807, 2.05) is 0 Å². The monoisotopic (exact) mass is 393 g/mol. The van der Waals surface area contributed by atoms with Crippen LogP contribution in [0, 0.1) is 0 Å². The number of hydrogen-bond donors (Lipinski definition) is 1. The second-order valence-corrected chi connectivity index (χ2v) is 5.90. The predicted octanol–water partition coefficient (Wildman–Crippen LogP) is 4.31. The minimum absolute atomic E-state index is 0.0917. The van der Waals surface area contributed by atoms with Gasteiger partial charge in [-0.2, -0.15) is 0 Å². The molecule has 3 aromatic rings. The van der Waals surface area contributed by atoms with Gasteiger partial charge in [0.2, 0.25) is 0 Å². The first-order chi connectivity index (χ1) is 12.5. The molecular formula is C17H13Cl2N3O4. The first-order valence-electron chi connectivity index (χ1n) is 7.34. The molecule has 0 saturated heterocycles. The average Bonchev–Trinajstić information content (AvgIpc) is 3.11. The Morgan fingerprint density at radius 3 is 2.62 bits per heavy atom. The summed E-state index contributed by atoms with van der Waals surface area (Å²) >= 11 is 12.1. The van der Waals surface area contributed by atoms with E-state index in [-0.39, 0.29) is 17.5 Å². The number of amides is 1. The van der Waals surface area contributed by atoms with Crippen molar-refractivity contribution < 1.29 is 18.7 Å². The summed E-state index contributed by atoms with van der Waals surface area (Å²) in [6.07, 6.45) is 0. The van der Waals surface area contributed by atoms with Crippen molar-refractivity contribution in [3.63, 3.8) is 0 Å². The van der Waals surface area contributed by atoms with E-state index in [1.54, 1.807) is 36.4 Å². The maximum atomic E-state index is 12.5. The summed E-state index contributed by atoms with van der Waals surface area (Å²) in [5.74, 6) is 0.521. The van der Waals surface area contributed by atoms with Crippen LogP contribution >= 0.6 is 23.2 Å². The quantitative estimate of drug-likeness (QED) is 0.694. The van der Waals surface area contributed by atoms with Gasteiger partial charge in [0.1, 0.15) is 11.5 Å². The summed E-state index contributed by atoms with van der Waals surface area (Å²) in [5, 5.41) is 11.1. The van der Waals surface area contributed by atoms with Crippen LogP contribution in [-0.4, -0.2) is 30.3 Å². The largest absolute Gasteiger partial charge is 0.497 e. The van der Waals surface area contributed by atoms with Gasteiger partial charge in [0.25, 0.3) is 11.8 Å². The number of carbonyl (C=O) groups is 1. The highest BCUT2D eigenvalue weighted by atomic mass is 35.5. The molecular weight excluding hydrogens is 381 g/mol. The maximum Gasteiger partial charge on any atom is 0.322 e. The Labute approximate surface area is 158 Å². The average molecular weight is 394 g/mol. The highest BCUT2D eigenvalue weighted by molar-refractivity contribution is 6.35. The van der Waals surface area contributed by atoms with Crippen LogP contribution in [0.15, 0.2) is 40.8 Å². The third-order valence-electron chi connectivity index (χ3n) is 3.46. The fourth-order valence-electron chi connectivity index (χ4n) is 2.20. The Morgan fingerprint density at radius 2 is 1.88 bits per heavy atom. The number of aromatic nitrogens is 2. The van der Waals surface area contributed by atoms with Crippen LogP contribution in [0.5, 0.6) is 11.5 Å². The summed E-state index contributed by atoms with van der Waals surface area (Å²) in [6.45, 7) is 0. The third kappa shape index (κ3) is 3.74. The molecule has 1 amide bonds. The minimum Gasteiger partial charge on any atom is -0.497 e. The molecule has 0 aliphatic rings. The standard InChI is InChI=1S/C17H13Cl2N3O4/c1-24-10-4-6-14(25-2)12(8-10)15(23)20-17-22-21-16(26-17)11-7-9(18)3-5-13(11)19/h3-8H,1-2H3,(H,20,22,23). The van der Waals surface area contributed by atoms with Crippen molar-refractivity contribution in [1.29, 1.82) is 0 Å². The molecule has 9 heteroatoms. The van der Waals surface area contributed by atoms with Gasteiger partial charge in [-0.05, 0) is 36.4 Å². The molecule has 1 N–H and O–H groups in total. The maximum absolute atomic E-state index is 12.5. The van der Waals surface area contributed by atoms with Gasteiger partial charge in [-0.1, -0.05) is 28.3 Å². The molecule has 0 saturated carbocycles. The molecule has 0 aliphatic heterocycles. The van der Waals surface area contributed by atoms with Gasteiger partial charge in [-0.15, -0.1) is 5.10 Å². The first kappa shape index (κ1) is 18.0. The molecule has 2 aromatic carbocycles. The van der Waals surface area contributed by atoms with Crippen LogP contribution in [0.2, 0.25) is 10.0 Å². The number of benzene rings is 2. The van der Waals surface area contributed by atoms with Gasteiger partial charge in [0.15, 0.2) is 0 Å². The van der Waals surface area contributed by atoms with Crippen molar-refractivity contribution in [2.75, 3.05) is 19.5 Å². The molecule has 1 aromatic heterocycles. The van der Waals surface area contributed by atoms with Crippen LogP contribution < -0.4 is 14.8 Å². The van der Waals surface area contributed by atoms with E-state index in [9.17, 15) is 4.79 Å². The number of nitrogens with one attached hydrogen (secondary N) is 1. The van der Waals surface area contributed by atoms with E-state index in [2.05, 4.69) is 15.5 Å². The van der Waals surface area contributed by atoms with Crippen LogP contribution in [0.1, 0.15) is 10.4 Å². The molecule has 1 heterocycles. The number of anilines is 1. The topological polar surface area (TPSA) is 86.5 Å². The lowest BCUT2D eigenvalue weighted by Crippen LogP contribution is -2.13. The normalized spacial score (nSPS) is 10.5. The lowest BCUT2D eigenvalue weighted by atomic mass is 10.1. The van der Waals surface area contributed by atoms with Gasteiger partial charge in [-0.25, -0.2) is 0 Å². The molecule has 0 unspecified atom stereocenters. The Bertz CT molecular complexity index is 959. The van der Waals surface area contributed by atoms with Crippen molar-refractivity contribution in [1.82, 2.24) is 10.2 Å². The SMILES string of the molecule is COc1ccc(OC)c(C(=O)Nc2nnc(-c3cc(Cl)ccc3Cl)o2)c1. The molecule has 0 spiro atoms. The third-order valence-corrected chi connectivity index (χ3v) is 4.02. The zero-order valence-electron chi connectivity index (χ0n) is 13.7. The Balaban J connectivity index is 1.85. The van der Waals surface area contributed by atoms with E-state index in [1.165, 1.54) is 14.2 Å². The van der Waals surface area contributed by atoms with Crippen molar-refractivity contribution in [2.45, 2.75) is 0 Å². The molecule has 0 bridgehead atoms.